The molecule has 1 aliphatic heterocycles. The van der Waals surface area contributed by atoms with Gasteiger partial charge < -0.3 is 14.5 Å². The monoisotopic (exact) mass is 316 g/mol. The molecule has 1 saturated heterocycles. The van der Waals surface area contributed by atoms with Crippen LogP contribution in [0.25, 0.3) is 0 Å². The number of carbonyl (C=O) groups excluding carboxylic acids is 1. The lowest BCUT2D eigenvalue weighted by Gasteiger charge is -2.33. The fraction of sp³-hybridized carbons (Fsp3) is 0.706. The highest BCUT2D eigenvalue weighted by atomic mass is 16.5. The molecule has 1 amide bonds. The van der Waals surface area contributed by atoms with Gasteiger partial charge in [-0.2, -0.15) is 0 Å². The third-order valence-electron chi connectivity index (χ3n) is 5.16. The summed E-state index contributed by atoms with van der Waals surface area (Å²) < 4.78 is 5.86. The molecule has 2 heterocycles. The van der Waals surface area contributed by atoms with Crippen molar-refractivity contribution in [3.63, 3.8) is 0 Å². The van der Waals surface area contributed by atoms with E-state index in [0.29, 0.717) is 37.5 Å². The van der Waals surface area contributed by atoms with Gasteiger partial charge in [0.1, 0.15) is 6.10 Å². The largest absolute Gasteiger partial charge is 0.368 e. The molecule has 1 aromatic rings. The Labute approximate surface area is 136 Å². The van der Waals surface area contributed by atoms with E-state index in [4.69, 9.17) is 4.74 Å². The van der Waals surface area contributed by atoms with Crippen LogP contribution in [-0.4, -0.2) is 54.6 Å². The zero-order valence-corrected chi connectivity index (χ0v) is 13.8. The van der Waals surface area contributed by atoms with E-state index in [-0.39, 0.29) is 12.0 Å². The first-order chi connectivity index (χ1) is 11.1. The van der Waals surface area contributed by atoms with Crippen LogP contribution in [0.15, 0.2) is 12.3 Å². The van der Waals surface area contributed by atoms with E-state index in [1.54, 1.807) is 6.20 Å². The fourth-order valence-corrected chi connectivity index (χ4v) is 3.56. The van der Waals surface area contributed by atoms with Gasteiger partial charge in [-0.15, -0.1) is 0 Å². The number of hydrogen-bond donors (Lipinski definition) is 0. The highest BCUT2D eigenvalue weighted by Gasteiger charge is 2.52. The van der Waals surface area contributed by atoms with Gasteiger partial charge in [-0.1, -0.05) is 0 Å². The first-order valence-corrected chi connectivity index (χ1v) is 8.54. The van der Waals surface area contributed by atoms with E-state index in [0.717, 1.165) is 18.0 Å². The summed E-state index contributed by atoms with van der Waals surface area (Å²) in [6.45, 7) is 1.89. The van der Waals surface area contributed by atoms with Crippen LogP contribution in [0.2, 0.25) is 0 Å². The van der Waals surface area contributed by atoms with Crippen molar-refractivity contribution < 1.29 is 9.53 Å². The van der Waals surface area contributed by atoms with Gasteiger partial charge in [0.25, 0.3) is 0 Å². The zero-order chi connectivity index (χ0) is 16.0. The summed E-state index contributed by atoms with van der Waals surface area (Å²) in [6.07, 6.45) is 5.37. The van der Waals surface area contributed by atoms with Crippen LogP contribution in [0.5, 0.6) is 0 Å². The van der Waals surface area contributed by atoms with Crippen molar-refractivity contribution in [2.45, 2.75) is 25.4 Å². The Hall–Kier alpha value is -1.69. The topological polar surface area (TPSA) is 58.6 Å². The molecule has 0 unspecified atom stereocenters. The Morgan fingerprint density at radius 3 is 2.96 bits per heavy atom. The smallest absolute Gasteiger partial charge is 0.226 e. The van der Waals surface area contributed by atoms with E-state index >= 15 is 0 Å². The van der Waals surface area contributed by atoms with Crippen LogP contribution in [0.4, 0.5) is 5.95 Å². The standard InChI is InChI=1S/C17H24N4O2/c1-20(2)17-18-6-5-14(19-17)15-10-21(7-8-23-15)16(22)13-9-12(13)11-3-4-11/h5-6,11-13,15H,3-4,7-10H2,1-2H3/t12-,13-,15-/m0/s1. The van der Waals surface area contributed by atoms with Gasteiger partial charge in [-0.05, 0) is 37.2 Å². The molecule has 0 bridgehead atoms. The Morgan fingerprint density at radius 1 is 1.39 bits per heavy atom. The first-order valence-electron chi connectivity index (χ1n) is 8.54. The number of aromatic nitrogens is 2. The molecule has 6 heteroatoms. The van der Waals surface area contributed by atoms with Crippen molar-refractivity contribution in [1.82, 2.24) is 14.9 Å². The number of ether oxygens (including phenoxy) is 1. The second kappa shape index (κ2) is 5.74. The number of morpholine rings is 1. The Kier molecular flexibility index (Phi) is 3.71. The Bertz CT molecular complexity index is 602. The summed E-state index contributed by atoms with van der Waals surface area (Å²) >= 11 is 0. The normalized spacial score (nSPS) is 30.2. The molecule has 4 rings (SSSR count). The van der Waals surface area contributed by atoms with Gasteiger partial charge in [0.2, 0.25) is 11.9 Å². The molecule has 0 N–H and O–H groups in total. The number of anilines is 1. The summed E-state index contributed by atoms with van der Waals surface area (Å²) in [7, 11) is 3.84. The van der Waals surface area contributed by atoms with Crippen LogP contribution < -0.4 is 4.90 Å². The maximum absolute atomic E-state index is 12.7. The van der Waals surface area contributed by atoms with Crippen LogP contribution in [0, 0.1) is 17.8 Å². The highest BCUT2D eigenvalue weighted by Crippen LogP contribution is 2.55. The lowest BCUT2D eigenvalue weighted by atomic mass is 10.1. The third-order valence-corrected chi connectivity index (χ3v) is 5.16. The van der Waals surface area contributed by atoms with Crippen molar-refractivity contribution in [2.24, 2.45) is 17.8 Å². The molecule has 1 aromatic heterocycles. The molecule has 6 nitrogen and oxygen atoms in total. The molecule has 0 aromatic carbocycles. The summed E-state index contributed by atoms with van der Waals surface area (Å²) in [5.74, 6) is 2.79. The molecular weight excluding hydrogens is 292 g/mol. The van der Waals surface area contributed by atoms with Crippen molar-refractivity contribution in [3.05, 3.63) is 18.0 Å². The number of rotatable bonds is 4. The van der Waals surface area contributed by atoms with Crippen LogP contribution in [0.3, 0.4) is 0 Å². The predicted molar refractivity (Wildman–Crippen MR) is 86.0 cm³/mol. The lowest BCUT2D eigenvalue weighted by Crippen LogP contribution is -2.43. The Balaban J connectivity index is 1.42. The van der Waals surface area contributed by atoms with E-state index in [2.05, 4.69) is 9.97 Å². The summed E-state index contributed by atoms with van der Waals surface area (Å²) in [5.41, 5.74) is 0.857. The molecule has 3 atom stereocenters. The second-order valence-corrected chi connectivity index (χ2v) is 7.16. The zero-order valence-electron chi connectivity index (χ0n) is 13.8. The maximum atomic E-state index is 12.7. The third kappa shape index (κ3) is 3.04. The highest BCUT2D eigenvalue weighted by molar-refractivity contribution is 5.82. The van der Waals surface area contributed by atoms with Crippen LogP contribution in [-0.2, 0) is 9.53 Å². The molecule has 0 radical (unpaired) electrons. The number of carbonyl (C=O) groups is 1. The Morgan fingerprint density at radius 2 is 2.22 bits per heavy atom. The van der Waals surface area contributed by atoms with Gasteiger partial charge in [-0.3, -0.25) is 4.79 Å². The van der Waals surface area contributed by atoms with Crippen molar-refractivity contribution in [3.8, 4) is 0 Å². The second-order valence-electron chi connectivity index (χ2n) is 7.16. The molecule has 3 fully saturated rings. The lowest BCUT2D eigenvalue weighted by molar-refractivity contribution is -0.141. The fourth-order valence-electron chi connectivity index (χ4n) is 3.56. The van der Waals surface area contributed by atoms with E-state index in [1.807, 2.05) is 30.0 Å². The quantitative estimate of drug-likeness (QED) is 0.842. The van der Waals surface area contributed by atoms with Crippen molar-refractivity contribution >= 4 is 11.9 Å². The molecule has 2 aliphatic carbocycles. The van der Waals surface area contributed by atoms with Gasteiger partial charge in [0.05, 0.1) is 18.8 Å². The van der Waals surface area contributed by atoms with Gasteiger partial charge in [0.15, 0.2) is 0 Å². The summed E-state index contributed by atoms with van der Waals surface area (Å²) in [4.78, 5) is 25.3. The van der Waals surface area contributed by atoms with Crippen molar-refractivity contribution in [2.75, 3.05) is 38.7 Å². The van der Waals surface area contributed by atoms with E-state index in [1.165, 1.54) is 12.8 Å². The minimum atomic E-state index is -0.146. The molecule has 2 saturated carbocycles. The van der Waals surface area contributed by atoms with Crippen LogP contribution >= 0.6 is 0 Å². The van der Waals surface area contributed by atoms with Gasteiger partial charge in [-0.25, -0.2) is 9.97 Å². The predicted octanol–water partition coefficient (Wildman–Crippen LogP) is 1.49. The first kappa shape index (κ1) is 14.9. The summed E-state index contributed by atoms with van der Waals surface area (Å²) in [6, 6.07) is 1.88. The number of amides is 1. The molecule has 3 aliphatic rings. The minimum absolute atomic E-state index is 0.146. The maximum Gasteiger partial charge on any atom is 0.226 e. The van der Waals surface area contributed by atoms with E-state index < -0.39 is 0 Å². The van der Waals surface area contributed by atoms with Crippen LogP contribution in [0.1, 0.15) is 31.1 Å². The summed E-state index contributed by atoms with van der Waals surface area (Å²) in [5, 5.41) is 0. The van der Waals surface area contributed by atoms with Gasteiger partial charge >= 0.3 is 0 Å². The van der Waals surface area contributed by atoms with Gasteiger partial charge in [0, 0.05) is 32.8 Å². The average Bonchev–Trinajstić information content (AvgIpc) is 3.46. The minimum Gasteiger partial charge on any atom is -0.368 e. The molecule has 124 valence electrons. The SMILES string of the molecule is CN(C)c1nccc([C@@H]2CN(C(=O)[C@H]3C[C@H]3C3CC3)CCO2)n1. The van der Waals surface area contributed by atoms with E-state index in [9.17, 15) is 4.79 Å². The number of nitrogens with zero attached hydrogens (tertiary/aromatic N) is 4. The average molecular weight is 316 g/mol. The van der Waals surface area contributed by atoms with Crippen molar-refractivity contribution in [1.29, 1.82) is 0 Å². The molecule has 23 heavy (non-hydrogen) atoms. The molecule has 0 spiro atoms. The number of hydrogen-bond acceptors (Lipinski definition) is 5. The molecular formula is C17H24N4O2.